The van der Waals surface area contributed by atoms with Crippen LogP contribution in [0.3, 0.4) is 0 Å². The standard InChI is InChI=1S/C11H13ClO4/c1-6-4-7(10(13)11(14)16-3)9(12)8(5-6)15-2/h4-5,10,13H,1-3H3. The zero-order valence-electron chi connectivity index (χ0n) is 9.28. The van der Waals surface area contributed by atoms with Crippen LogP contribution >= 0.6 is 11.6 Å². The van der Waals surface area contributed by atoms with Crippen molar-refractivity contribution in [2.75, 3.05) is 14.2 Å². The fourth-order valence-corrected chi connectivity index (χ4v) is 1.64. The second kappa shape index (κ2) is 5.18. The molecule has 0 saturated heterocycles. The topological polar surface area (TPSA) is 55.8 Å². The SMILES string of the molecule is COC(=O)C(O)c1cc(C)cc(OC)c1Cl. The van der Waals surface area contributed by atoms with Crippen molar-refractivity contribution in [3.05, 3.63) is 28.3 Å². The first kappa shape index (κ1) is 12.8. The van der Waals surface area contributed by atoms with Crippen LogP contribution in [-0.4, -0.2) is 25.3 Å². The second-order valence-corrected chi connectivity index (χ2v) is 3.67. The molecule has 0 aliphatic carbocycles. The van der Waals surface area contributed by atoms with E-state index in [1.807, 2.05) is 6.92 Å². The molecule has 1 aromatic rings. The highest BCUT2D eigenvalue weighted by atomic mass is 35.5. The quantitative estimate of drug-likeness (QED) is 0.825. The Balaban J connectivity index is 3.22. The molecule has 0 aliphatic heterocycles. The number of hydrogen-bond acceptors (Lipinski definition) is 4. The first-order chi connectivity index (χ1) is 7.51. The van der Waals surface area contributed by atoms with Gasteiger partial charge in [0.05, 0.1) is 19.2 Å². The number of aryl methyl sites for hydroxylation is 1. The Morgan fingerprint density at radius 3 is 2.56 bits per heavy atom. The summed E-state index contributed by atoms with van der Waals surface area (Å²) in [6, 6.07) is 3.34. The largest absolute Gasteiger partial charge is 0.495 e. The van der Waals surface area contributed by atoms with Gasteiger partial charge in [-0.05, 0) is 18.6 Å². The number of halogens is 1. The molecule has 0 spiro atoms. The van der Waals surface area contributed by atoms with Crippen molar-refractivity contribution >= 4 is 17.6 Å². The van der Waals surface area contributed by atoms with Crippen molar-refractivity contribution in [2.45, 2.75) is 13.0 Å². The summed E-state index contributed by atoms with van der Waals surface area (Å²) in [6.07, 6.45) is -1.40. The minimum absolute atomic E-state index is 0.214. The highest BCUT2D eigenvalue weighted by Crippen LogP contribution is 2.33. The van der Waals surface area contributed by atoms with Gasteiger partial charge < -0.3 is 14.6 Å². The summed E-state index contributed by atoms with van der Waals surface area (Å²) in [5.41, 5.74) is 1.12. The van der Waals surface area contributed by atoms with E-state index >= 15 is 0 Å². The summed E-state index contributed by atoms with van der Waals surface area (Å²) in [4.78, 5) is 11.2. The van der Waals surface area contributed by atoms with Gasteiger partial charge in [-0.15, -0.1) is 0 Å². The van der Waals surface area contributed by atoms with E-state index in [9.17, 15) is 9.90 Å². The third-order valence-corrected chi connectivity index (χ3v) is 2.56. The van der Waals surface area contributed by atoms with Crippen molar-refractivity contribution in [2.24, 2.45) is 0 Å². The van der Waals surface area contributed by atoms with Crippen LogP contribution in [0.25, 0.3) is 0 Å². The molecular formula is C11H13ClO4. The van der Waals surface area contributed by atoms with Crippen LogP contribution in [0.5, 0.6) is 5.75 Å². The average Bonchev–Trinajstić information content (AvgIpc) is 2.29. The van der Waals surface area contributed by atoms with E-state index in [2.05, 4.69) is 4.74 Å². The van der Waals surface area contributed by atoms with Gasteiger partial charge in [-0.25, -0.2) is 4.79 Å². The molecule has 5 heteroatoms. The molecule has 0 aromatic heterocycles. The number of carbonyl (C=O) groups excluding carboxylic acids is 1. The third kappa shape index (κ3) is 2.46. The van der Waals surface area contributed by atoms with Crippen molar-refractivity contribution in [3.63, 3.8) is 0 Å². The van der Waals surface area contributed by atoms with Gasteiger partial charge in [0.25, 0.3) is 0 Å². The molecule has 1 aromatic carbocycles. The molecule has 4 nitrogen and oxygen atoms in total. The Morgan fingerprint density at radius 2 is 2.06 bits per heavy atom. The lowest BCUT2D eigenvalue weighted by Gasteiger charge is -2.14. The van der Waals surface area contributed by atoms with Gasteiger partial charge in [-0.2, -0.15) is 0 Å². The Kier molecular flexibility index (Phi) is 4.15. The Labute approximate surface area is 98.7 Å². The van der Waals surface area contributed by atoms with Gasteiger partial charge in [-0.3, -0.25) is 0 Å². The third-order valence-electron chi connectivity index (χ3n) is 2.15. The van der Waals surface area contributed by atoms with E-state index < -0.39 is 12.1 Å². The molecular weight excluding hydrogens is 232 g/mol. The maximum Gasteiger partial charge on any atom is 0.339 e. The monoisotopic (exact) mass is 244 g/mol. The van der Waals surface area contributed by atoms with Crippen LogP contribution in [0.4, 0.5) is 0 Å². The van der Waals surface area contributed by atoms with Crippen LogP contribution in [-0.2, 0) is 9.53 Å². The number of carbonyl (C=O) groups is 1. The summed E-state index contributed by atoms with van der Waals surface area (Å²) in [7, 11) is 2.67. The summed E-state index contributed by atoms with van der Waals surface area (Å²) < 4.78 is 9.48. The van der Waals surface area contributed by atoms with E-state index in [0.29, 0.717) is 5.75 Å². The van der Waals surface area contributed by atoms with E-state index in [4.69, 9.17) is 16.3 Å². The molecule has 1 N–H and O–H groups in total. The summed E-state index contributed by atoms with van der Waals surface area (Å²) in [6.45, 7) is 1.81. The van der Waals surface area contributed by atoms with Gasteiger partial charge in [-0.1, -0.05) is 17.7 Å². The zero-order chi connectivity index (χ0) is 12.3. The number of aliphatic hydroxyl groups excluding tert-OH is 1. The maximum absolute atomic E-state index is 11.2. The number of aliphatic hydroxyl groups is 1. The minimum Gasteiger partial charge on any atom is -0.495 e. The molecule has 88 valence electrons. The van der Waals surface area contributed by atoms with Gasteiger partial charge in [0.1, 0.15) is 5.75 Å². The minimum atomic E-state index is -1.40. The molecule has 1 unspecified atom stereocenters. The number of rotatable bonds is 3. The maximum atomic E-state index is 11.2. The van der Waals surface area contributed by atoms with Crippen LogP contribution in [0.15, 0.2) is 12.1 Å². The fourth-order valence-electron chi connectivity index (χ4n) is 1.35. The van der Waals surface area contributed by atoms with Gasteiger partial charge in [0, 0.05) is 5.56 Å². The second-order valence-electron chi connectivity index (χ2n) is 3.30. The van der Waals surface area contributed by atoms with Gasteiger partial charge in [0.2, 0.25) is 0 Å². The molecule has 16 heavy (non-hydrogen) atoms. The molecule has 1 rings (SSSR count). The molecule has 0 aliphatic rings. The smallest absolute Gasteiger partial charge is 0.339 e. The fraction of sp³-hybridized carbons (Fsp3) is 0.364. The number of esters is 1. The van der Waals surface area contributed by atoms with Crippen LogP contribution < -0.4 is 4.74 Å². The number of hydrogen-bond donors (Lipinski definition) is 1. The first-order valence-electron chi connectivity index (χ1n) is 4.61. The van der Waals surface area contributed by atoms with E-state index in [1.165, 1.54) is 14.2 Å². The highest BCUT2D eigenvalue weighted by molar-refractivity contribution is 6.33. The summed E-state index contributed by atoms with van der Waals surface area (Å²) >= 11 is 5.98. The molecule has 0 radical (unpaired) electrons. The normalized spacial score (nSPS) is 12.1. The molecule has 0 bridgehead atoms. The van der Waals surface area contributed by atoms with E-state index in [-0.39, 0.29) is 10.6 Å². The lowest BCUT2D eigenvalue weighted by Crippen LogP contribution is -2.14. The number of ether oxygens (including phenoxy) is 2. The molecule has 0 heterocycles. The van der Waals surface area contributed by atoms with Crippen LogP contribution in [0.2, 0.25) is 5.02 Å². The lowest BCUT2D eigenvalue weighted by atomic mass is 10.1. The number of methoxy groups -OCH3 is 2. The van der Waals surface area contributed by atoms with E-state index in [1.54, 1.807) is 12.1 Å². The lowest BCUT2D eigenvalue weighted by molar-refractivity contribution is -0.150. The average molecular weight is 245 g/mol. The Morgan fingerprint density at radius 1 is 1.44 bits per heavy atom. The van der Waals surface area contributed by atoms with Crippen LogP contribution in [0, 0.1) is 6.92 Å². The predicted molar refractivity (Wildman–Crippen MR) is 59.7 cm³/mol. The molecule has 0 saturated carbocycles. The van der Waals surface area contributed by atoms with E-state index in [0.717, 1.165) is 5.56 Å². The van der Waals surface area contributed by atoms with Crippen molar-refractivity contribution < 1.29 is 19.4 Å². The van der Waals surface area contributed by atoms with Gasteiger partial charge in [0.15, 0.2) is 6.10 Å². The summed E-state index contributed by atoms with van der Waals surface area (Å²) in [5, 5.41) is 9.91. The molecule has 0 amide bonds. The Bertz CT molecular complexity index is 403. The first-order valence-corrected chi connectivity index (χ1v) is 4.99. The van der Waals surface area contributed by atoms with Crippen LogP contribution in [0.1, 0.15) is 17.2 Å². The zero-order valence-corrected chi connectivity index (χ0v) is 10.0. The Hall–Kier alpha value is -1.26. The summed E-state index contributed by atoms with van der Waals surface area (Å²) in [5.74, 6) is -0.339. The van der Waals surface area contributed by atoms with Crippen molar-refractivity contribution in [3.8, 4) is 5.75 Å². The van der Waals surface area contributed by atoms with Crippen molar-refractivity contribution in [1.82, 2.24) is 0 Å². The predicted octanol–water partition coefficient (Wildman–Crippen LogP) is 1.86. The molecule has 1 atom stereocenters. The van der Waals surface area contributed by atoms with Crippen molar-refractivity contribution in [1.29, 1.82) is 0 Å². The van der Waals surface area contributed by atoms with Gasteiger partial charge >= 0.3 is 5.97 Å². The molecule has 0 fully saturated rings. The highest BCUT2D eigenvalue weighted by Gasteiger charge is 2.23. The number of benzene rings is 1.